The third-order valence-corrected chi connectivity index (χ3v) is 2.37. The van der Waals surface area contributed by atoms with Crippen molar-refractivity contribution < 1.29 is 17.9 Å². The standard InChI is InChI=1S/C11H15F3N2O2/c1-3-8-7(2)15-9(16-10(8)17)4-5-18-6-11(12,13)14/h3-6H2,1-2H3,(H,15,16,17). The highest BCUT2D eigenvalue weighted by Crippen LogP contribution is 2.14. The maximum absolute atomic E-state index is 11.8. The lowest BCUT2D eigenvalue weighted by atomic mass is 10.2. The average Bonchev–Trinajstić information content (AvgIpc) is 2.23. The van der Waals surface area contributed by atoms with Crippen LogP contribution in [-0.4, -0.2) is 29.4 Å². The Labute approximate surface area is 102 Å². The number of aryl methyl sites for hydroxylation is 1. The summed E-state index contributed by atoms with van der Waals surface area (Å²) in [5.74, 6) is 0.344. The van der Waals surface area contributed by atoms with Crippen molar-refractivity contribution in [2.75, 3.05) is 13.2 Å². The van der Waals surface area contributed by atoms with Crippen LogP contribution in [0.1, 0.15) is 24.0 Å². The molecule has 102 valence electrons. The lowest BCUT2D eigenvalue weighted by Gasteiger charge is -2.08. The normalized spacial score (nSPS) is 11.8. The predicted molar refractivity (Wildman–Crippen MR) is 59.6 cm³/mol. The third kappa shape index (κ3) is 4.48. The molecule has 0 fully saturated rings. The van der Waals surface area contributed by atoms with Crippen molar-refractivity contribution >= 4 is 0 Å². The largest absolute Gasteiger partial charge is 0.411 e. The number of ether oxygens (including phenoxy) is 1. The van der Waals surface area contributed by atoms with E-state index in [2.05, 4.69) is 14.7 Å². The van der Waals surface area contributed by atoms with Gasteiger partial charge in [0.05, 0.1) is 6.61 Å². The van der Waals surface area contributed by atoms with E-state index in [1.807, 2.05) is 6.92 Å². The van der Waals surface area contributed by atoms with Crippen molar-refractivity contribution in [3.8, 4) is 0 Å². The fourth-order valence-electron chi connectivity index (χ4n) is 1.56. The number of H-pyrrole nitrogens is 1. The Morgan fingerprint density at radius 3 is 2.56 bits per heavy atom. The van der Waals surface area contributed by atoms with E-state index < -0.39 is 12.8 Å². The lowest BCUT2D eigenvalue weighted by molar-refractivity contribution is -0.173. The Hall–Kier alpha value is -1.37. The maximum atomic E-state index is 11.8. The van der Waals surface area contributed by atoms with E-state index in [1.54, 1.807) is 6.92 Å². The minimum absolute atomic E-state index is 0.132. The summed E-state index contributed by atoms with van der Waals surface area (Å²) in [7, 11) is 0. The van der Waals surface area contributed by atoms with E-state index >= 15 is 0 Å². The van der Waals surface area contributed by atoms with Crippen molar-refractivity contribution in [1.82, 2.24) is 9.97 Å². The van der Waals surface area contributed by atoms with Crippen molar-refractivity contribution in [3.63, 3.8) is 0 Å². The van der Waals surface area contributed by atoms with Crippen LogP contribution in [-0.2, 0) is 17.6 Å². The second-order valence-electron chi connectivity index (χ2n) is 3.85. The van der Waals surface area contributed by atoms with E-state index in [0.29, 0.717) is 23.5 Å². The van der Waals surface area contributed by atoms with Gasteiger partial charge in [0.25, 0.3) is 5.56 Å². The summed E-state index contributed by atoms with van der Waals surface area (Å²) in [5.41, 5.74) is 0.956. The molecule has 0 aliphatic heterocycles. The number of nitrogens with one attached hydrogen (secondary N) is 1. The van der Waals surface area contributed by atoms with Gasteiger partial charge in [-0.05, 0) is 13.3 Å². The molecule has 0 atom stereocenters. The minimum atomic E-state index is -4.33. The topological polar surface area (TPSA) is 55.0 Å². The van der Waals surface area contributed by atoms with Crippen molar-refractivity contribution in [2.45, 2.75) is 32.9 Å². The van der Waals surface area contributed by atoms with Crippen LogP contribution >= 0.6 is 0 Å². The first kappa shape index (κ1) is 14.7. The van der Waals surface area contributed by atoms with Gasteiger partial charge in [-0.2, -0.15) is 13.2 Å². The molecule has 0 radical (unpaired) electrons. The van der Waals surface area contributed by atoms with Crippen LogP contribution in [0, 0.1) is 6.92 Å². The highest BCUT2D eigenvalue weighted by molar-refractivity contribution is 5.16. The SMILES string of the molecule is CCc1c(C)nc(CCOCC(F)(F)F)[nH]c1=O. The van der Waals surface area contributed by atoms with Gasteiger partial charge in [0.15, 0.2) is 0 Å². The Balaban J connectivity index is 2.56. The van der Waals surface area contributed by atoms with Crippen LogP contribution < -0.4 is 5.56 Å². The second-order valence-corrected chi connectivity index (χ2v) is 3.85. The molecule has 0 saturated carbocycles. The van der Waals surface area contributed by atoms with E-state index in [-0.39, 0.29) is 18.6 Å². The molecule has 1 N–H and O–H groups in total. The first-order chi connectivity index (χ1) is 8.33. The molecule has 0 aromatic carbocycles. The van der Waals surface area contributed by atoms with Crippen LogP contribution in [0.4, 0.5) is 13.2 Å². The van der Waals surface area contributed by atoms with E-state index in [9.17, 15) is 18.0 Å². The Bertz CT molecular complexity index is 455. The Morgan fingerprint density at radius 1 is 1.39 bits per heavy atom. The molecule has 18 heavy (non-hydrogen) atoms. The molecular formula is C11H15F3N2O2. The van der Waals surface area contributed by atoms with Gasteiger partial charge in [0, 0.05) is 17.7 Å². The summed E-state index contributed by atoms with van der Waals surface area (Å²) in [6.45, 7) is 2.12. The highest BCUT2D eigenvalue weighted by atomic mass is 19.4. The molecule has 1 heterocycles. The van der Waals surface area contributed by atoms with Gasteiger partial charge in [0.2, 0.25) is 0 Å². The van der Waals surface area contributed by atoms with Crippen LogP contribution in [0.5, 0.6) is 0 Å². The summed E-state index contributed by atoms with van der Waals surface area (Å²) in [4.78, 5) is 18.2. The number of alkyl halides is 3. The van der Waals surface area contributed by atoms with Crippen LogP contribution in [0.3, 0.4) is 0 Å². The Morgan fingerprint density at radius 2 is 2.06 bits per heavy atom. The monoisotopic (exact) mass is 264 g/mol. The first-order valence-corrected chi connectivity index (χ1v) is 5.56. The molecule has 7 heteroatoms. The fourth-order valence-corrected chi connectivity index (χ4v) is 1.56. The smallest absolute Gasteiger partial charge is 0.372 e. The predicted octanol–water partition coefficient (Wildman–Crippen LogP) is 1.76. The number of nitrogens with zero attached hydrogens (tertiary/aromatic N) is 1. The first-order valence-electron chi connectivity index (χ1n) is 5.56. The van der Waals surface area contributed by atoms with E-state index in [1.165, 1.54) is 0 Å². The van der Waals surface area contributed by atoms with Gasteiger partial charge in [-0.1, -0.05) is 6.92 Å². The molecule has 1 aromatic heterocycles. The summed E-state index contributed by atoms with van der Waals surface area (Å²) in [5, 5.41) is 0. The third-order valence-electron chi connectivity index (χ3n) is 2.37. The summed E-state index contributed by atoms with van der Waals surface area (Å²) in [6.07, 6.45) is -3.61. The highest BCUT2D eigenvalue weighted by Gasteiger charge is 2.27. The minimum Gasteiger partial charge on any atom is -0.372 e. The number of rotatable bonds is 5. The molecule has 0 spiro atoms. The van der Waals surface area contributed by atoms with Gasteiger partial charge in [0.1, 0.15) is 12.4 Å². The van der Waals surface area contributed by atoms with E-state index in [0.717, 1.165) is 0 Å². The molecule has 4 nitrogen and oxygen atoms in total. The number of aromatic nitrogens is 2. The maximum Gasteiger partial charge on any atom is 0.411 e. The zero-order chi connectivity index (χ0) is 13.8. The fraction of sp³-hybridized carbons (Fsp3) is 0.636. The number of aromatic amines is 1. The quantitative estimate of drug-likeness (QED) is 0.824. The molecule has 1 aromatic rings. The van der Waals surface area contributed by atoms with Crippen LogP contribution in [0.15, 0.2) is 4.79 Å². The Kier molecular flexibility index (Phi) is 4.89. The van der Waals surface area contributed by atoms with Crippen molar-refractivity contribution in [2.24, 2.45) is 0 Å². The zero-order valence-corrected chi connectivity index (χ0v) is 10.2. The molecule has 0 amide bonds. The summed E-state index contributed by atoms with van der Waals surface area (Å²) < 4.78 is 39.9. The molecule has 0 unspecified atom stereocenters. The van der Waals surface area contributed by atoms with Gasteiger partial charge in [-0.3, -0.25) is 4.79 Å². The van der Waals surface area contributed by atoms with Crippen LogP contribution in [0.25, 0.3) is 0 Å². The number of hydrogen-bond acceptors (Lipinski definition) is 3. The van der Waals surface area contributed by atoms with Gasteiger partial charge in [-0.25, -0.2) is 4.98 Å². The lowest BCUT2D eigenvalue weighted by Crippen LogP contribution is -2.21. The van der Waals surface area contributed by atoms with E-state index in [4.69, 9.17) is 0 Å². The van der Waals surface area contributed by atoms with Gasteiger partial charge in [-0.15, -0.1) is 0 Å². The van der Waals surface area contributed by atoms with Gasteiger partial charge >= 0.3 is 6.18 Å². The molecule has 0 aliphatic carbocycles. The van der Waals surface area contributed by atoms with Crippen molar-refractivity contribution in [3.05, 3.63) is 27.4 Å². The second kappa shape index (κ2) is 5.99. The molecule has 0 aliphatic rings. The molecule has 0 saturated heterocycles. The zero-order valence-electron chi connectivity index (χ0n) is 10.2. The molecule has 1 rings (SSSR count). The summed E-state index contributed by atoms with van der Waals surface area (Å²) >= 11 is 0. The number of hydrogen-bond donors (Lipinski definition) is 1. The summed E-state index contributed by atoms with van der Waals surface area (Å²) in [6, 6.07) is 0. The van der Waals surface area contributed by atoms with Gasteiger partial charge < -0.3 is 9.72 Å². The van der Waals surface area contributed by atoms with Crippen LogP contribution in [0.2, 0.25) is 0 Å². The van der Waals surface area contributed by atoms with Crippen molar-refractivity contribution in [1.29, 1.82) is 0 Å². The number of halogens is 3. The molecular weight excluding hydrogens is 249 g/mol. The molecule has 0 bridgehead atoms. The average molecular weight is 264 g/mol.